The molecule has 0 spiro atoms. The molecule has 110 valence electrons. The summed E-state index contributed by atoms with van der Waals surface area (Å²) >= 11 is 0. The number of anilines is 1. The lowest BCUT2D eigenvalue weighted by Gasteiger charge is -2.06. The van der Waals surface area contributed by atoms with E-state index in [1.165, 1.54) is 0 Å². The Morgan fingerprint density at radius 2 is 2.05 bits per heavy atom. The molecule has 1 aromatic carbocycles. The van der Waals surface area contributed by atoms with Gasteiger partial charge in [-0.15, -0.1) is 35.0 Å². The standard InChI is InChI=1S/C12H15N5O.2ClH/c1-17-8-15-16-11(17)6-7-14-12(18)9-4-2-3-5-10(9)13;;/h2-5,8H,6-7,13H2,1H3,(H,14,18);2*1H. The number of carbonyl (C=O) groups excluding carboxylic acids is 1. The predicted molar refractivity (Wildman–Crippen MR) is 82.4 cm³/mol. The third-order valence-corrected chi connectivity index (χ3v) is 2.64. The minimum absolute atomic E-state index is 0. The molecule has 0 aliphatic heterocycles. The molecule has 0 unspecified atom stereocenters. The van der Waals surface area contributed by atoms with Gasteiger partial charge in [-0.3, -0.25) is 4.79 Å². The summed E-state index contributed by atoms with van der Waals surface area (Å²) in [6.45, 7) is 0.500. The maximum absolute atomic E-state index is 11.8. The fraction of sp³-hybridized carbons (Fsp3) is 0.250. The lowest BCUT2D eigenvalue weighted by atomic mass is 10.1. The first-order chi connectivity index (χ1) is 8.68. The van der Waals surface area contributed by atoms with E-state index in [2.05, 4.69) is 15.5 Å². The number of nitrogens with two attached hydrogens (primary N) is 1. The molecule has 1 heterocycles. The minimum atomic E-state index is -0.171. The average Bonchev–Trinajstić information content (AvgIpc) is 2.75. The average molecular weight is 318 g/mol. The SMILES string of the molecule is Cl.Cl.Cn1cnnc1CCNC(=O)c1ccccc1N. The first-order valence-corrected chi connectivity index (χ1v) is 5.64. The molecule has 0 aliphatic carbocycles. The van der Waals surface area contributed by atoms with Gasteiger partial charge in [0.05, 0.1) is 5.56 Å². The monoisotopic (exact) mass is 317 g/mol. The zero-order valence-electron chi connectivity index (χ0n) is 10.9. The van der Waals surface area contributed by atoms with Crippen LogP contribution in [0.5, 0.6) is 0 Å². The van der Waals surface area contributed by atoms with E-state index in [4.69, 9.17) is 5.73 Å². The second kappa shape index (κ2) is 8.39. The van der Waals surface area contributed by atoms with Crippen molar-refractivity contribution < 1.29 is 4.79 Å². The number of para-hydroxylation sites is 1. The summed E-state index contributed by atoms with van der Waals surface area (Å²) in [5.74, 6) is 0.659. The summed E-state index contributed by atoms with van der Waals surface area (Å²) in [5, 5.41) is 10.5. The van der Waals surface area contributed by atoms with Crippen LogP contribution in [-0.4, -0.2) is 27.2 Å². The van der Waals surface area contributed by atoms with E-state index in [-0.39, 0.29) is 30.7 Å². The third-order valence-electron chi connectivity index (χ3n) is 2.64. The fourth-order valence-corrected chi connectivity index (χ4v) is 1.62. The Kier molecular flexibility index (Phi) is 7.64. The van der Waals surface area contributed by atoms with Crippen molar-refractivity contribution in [3.05, 3.63) is 42.0 Å². The highest BCUT2D eigenvalue weighted by atomic mass is 35.5. The second-order valence-corrected chi connectivity index (χ2v) is 3.95. The van der Waals surface area contributed by atoms with Crippen molar-refractivity contribution in [2.24, 2.45) is 7.05 Å². The largest absolute Gasteiger partial charge is 0.398 e. The van der Waals surface area contributed by atoms with Crippen molar-refractivity contribution in [2.45, 2.75) is 6.42 Å². The van der Waals surface area contributed by atoms with Gasteiger partial charge in [-0.2, -0.15) is 0 Å². The van der Waals surface area contributed by atoms with E-state index in [1.54, 1.807) is 30.6 Å². The number of aromatic nitrogens is 3. The number of hydrogen-bond donors (Lipinski definition) is 2. The second-order valence-electron chi connectivity index (χ2n) is 3.95. The first kappa shape index (κ1) is 18.2. The zero-order valence-corrected chi connectivity index (χ0v) is 12.6. The smallest absolute Gasteiger partial charge is 0.253 e. The van der Waals surface area contributed by atoms with Crippen LogP contribution in [-0.2, 0) is 13.5 Å². The molecule has 0 saturated carbocycles. The molecule has 0 bridgehead atoms. The molecule has 0 radical (unpaired) electrons. The van der Waals surface area contributed by atoms with E-state index in [1.807, 2.05) is 11.6 Å². The van der Waals surface area contributed by atoms with Crippen molar-refractivity contribution in [1.29, 1.82) is 0 Å². The van der Waals surface area contributed by atoms with Gasteiger partial charge >= 0.3 is 0 Å². The summed E-state index contributed by atoms with van der Waals surface area (Å²) < 4.78 is 1.82. The van der Waals surface area contributed by atoms with Gasteiger partial charge in [0.15, 0.2) is 0 Å². The van der Waals surface area contributed by atoms with Crippen LogP contribution in [0.3, 0.4) is 0 Å². The van der Waals surface area contributed by atoms with Crippen LogP contribution in [0.4, 0.5) is 5.69 Å². The lowest BCUT2D eigenvalue weighted by molar-refractivity contribution is 0.0955. The molecule has 0 atom stereocenters. The Morgan fingerprint density at radius 3 is 2.65 bits per heavy atom. The summed E-state index contributed by atoms with van der Waals surface area (Å²) in [6, 6.07) is 6.99. The Bertz CT molecular complexity index is 558. The molecule has 0 saturated heterocycles. The van der Waals surface area contributed by atoms with Gasteiger partial charge in [0, 0.05) is 25.7 Å². The Labute approximate surface area is 129 Å². The molecule has 0 fully saturated rings. The van der Waals surface area contributed by atoms with Crippen molar-refractivity contribution in [2.75, 3.05) is 12.3 Å². The van der Waals surface area contributed by atoms with Crippen LogP contribution in [0.25, 0.3) is 0 Å². The Balaban J connectivity index is 0.00000180. The quantitative estimate of drug-likeness (QED) is 0.830. The van der Waals surface area contributed by atoms with Crippen LogP contribution >= 0.6 is 24.8 Å². The topological polar surface area (TPSA) is 85.8 Å². The van der Waals surface area contributed by atoms with E-state index in [0.29, 0.717) is 24.2 Å². The van der Waals surface area contributed by atoms with Crippen LogP contribution < -0.4 is 11.1 Å². The molecule has 8 heteroatoms. The van der Waals surface area contributed by atoms with Crippen molar-refractivity contribution >= 4 is 36.4 Å². The maximum atomic E-state index is 11.8. The highest BCUT2D eigenvalue weighted by molar-refractivity contribution is 5.99. The summed E-state index contributed by atoms with van der Waals surface area (Å²) in [5.41, 5.74) is 6.70. The number of nitrogen functional groups attached to an aromatic ring is 1. The van der Waals surface area contributed by atoms with Gasteiger partial charge in [-0.25, -0.2) is 0 Å². The number of rotatable bonds is 4. The number of nitrogens with zero attached hydrogens (tertiary/aromatic N) is 3. The molecule has 6 nitrogen and oxygen atoms in total. The van der Waals surface area contributed by atoms with E-state index in [9.17, 15) is 4.79 Å². The summed E-state index contributed by atoms with van der Waals surface area (Å²) in [7, 11) is 1.87. The molecule has 1 aromatic heterocycles. The van der Waals surface area contributed by atoms with Crippen LogP contribution in [0.15, 0.2) is 30.6 Å². The normalized spacial score (nSPS) is 9.25. The van der Waals surface area contributed by atoms with Gasteiger partial charge in [0.1, 0.15) is 12.2 Å². The number of hydrogen-bond acceptors (Lipinski definition) is 4. The molecule has 2 aromatic rings. The molecular weight excluding hydrogens is 301 g/mol. The molecule has 2 rings (SSSR count). The maximum Gasteiger partial charge on any atom is 0.253 e. The van der Waals surface area contributed by atoms with Crippen molar-refractivity contribution in [3.63, 3.8) is 0 Å². The number of amides is 1. The third kappa shape index (κ3) is 4.40. The van der Waals surface area contributed by atoms with Crippen molar-refractivity contribution in [3.8, 4) is 0 Å². The molecule has 3 N–H and O–H groups in total. The number of halogens is 2. The zero-order chi connectivity index (χ0) is 13.0. The van der Waals surface area contributed by atoms with Crippen LogP contribution in [0.2, 0.25) is 0 Å². The van der Waals surface area contributed by atoms with E-state index >= 15 is 0 Å². The van der Waals surface area contributed by atoms with Gasteiger partial charge in [-0.1, -0.05) is 12.1 Å². The van der Waals surface area contributed by atoms with Crippen LogP contribution in [0, 0.1) is 0 Å². The first-order valence-electron chi connectivity index (χ1n) is 5.64. The summed E-state index contributed by atoms with van der Waals surface area (Å²) in [6.07, 6.45) is 2.27. The molecule has 20 heavy (non-hydrogen) atoms. The Hall–Kier alpha value is -1.79. The number of carbonyl (C=O) groups is 1. The van der Waals surface area contributed by atoms with E-state index < -0.39 is 0 Å². The van der Waals surface area contributed by atoms with Gasteiger partial charge in [0.25, 0.3) is 5.91 Å². The number of benzene rings is 1. The molecule has 1 amide bonds. The highest BCUT2D eigenvalue weighted by Gasteiger charge is 2.08. The predicted octanol–water partition coefficient (Wildman–Crippen LogP) is 1.21. The van der Waals surface area contributed by atoms with Gasteiger partial charge in [-0.05, 0) is 12.1 Å². The highest BCUT2D eigenvalue weighted by Crippen LogP contribution is 2.09. The van der Waals surface area contributed by atoms with E-state index in [0.717, 1.165) is 5.82 Å². The number of nitrogens with one attached hydrogen (secondary N) is 1. The minimum Gasteiger partial charge on any atom is -0.398 e. The molecular formula is C12H17Cl2N5O. The lowest BCUT2D eigenvalue weighted by Crippen LogP contribution is -2.27. The van der Waals surface area contributed by atoms with Crippen LogP contribution in [0.1, 0.15) is 16.2 Å². The molecule has 0 aliphatic rings. The van der Waals surface area contributed by atoms with Gasteiger partial charge < -0.3 is 15.6 Å². The van der Waals surface area contributed by atoms with Crippen molar-refractivity contribution in [1.82, 2.24) is 20.1 Å². The Morgan fingerprint density at radius 1 is 1.35 bits per heavy atom. The van der Waals surface area contributed by atoms with Gasteiger partial charge in [0.2, 0.25) is 0 Å². The number of aryl methyl sites for hydroxylation is 1. The summed E-state index contributed by atoms with van der Waals surface area (Å²) in [4.78, 5) is 11.8. The fourth-order valence-electron chi connectivity index (χ4n) is 1.62.